The molecule has 2 amide bonds. The molecule has 7 nitrogen and oxygen atoms in total. The number of carbonyl (C=O) groups is 1. The molecule has 1 atom stereocenters. The number of urea groups is 1. The minimum absolute atomic E-state index is 0.0718. The maximum absolute atomic E-state index is 13.3. The van der Waals surface area contributed by atoms with E-state index in [2.05, 4.69) is 29.1 Å². The first-order chi connectivity index (χ1) is 14.2. The van der Waals surface area contributed by atoms with Gasteiger partial charge in [0.25, 0.3) is 0 Å². The van der Waals surface area contributed by atoms with Crippen LogP contribution in [0.3, 0.4) is 0 Å². The van der Waals surface area contributed by atoms with Crippen molar-refractivity contribution in [2.75, 3.05) is 18.4 Å². The standard InChI is InChI=1S/C22H30N6O/c1-3-17(4-2)25-21-24-14-16-10-13-27(15-19(16)26-21)22(29)28-12-7-9-20(28)18-8-5-6-11-23-18/h5-6,8,11,14,17,20H,3-4,7,9-10,12-13,15H2,1-2H3,(H,24,25,26). The van der Waals surface area contributed by atoms with Crippen LogP contribution in [-0.2, 0) is 13.0 Å². The van der Waals surface area contributed by atoms with Crippen molar-refractivity contribution in [1.29, 1.82) is 0 Å². The normalized spacial score (nSPS) is 18.8. The Morgan fingerprint density at radius 3 is 2.86 bits per heavy atom. The number of likely N-dealkylation sites (tertiary alicyclic amines) is 1. The largest absolute Gasteiger partial charge is 0.352 e. The first-order valence-electron chi connectivity index (χ1n) is 10.8. The van der Waals surface area contributed by atoms with E-state index in [0.717, 1.165) is 55.6 Å². The molecule has 4 rings (SSSR count). The van der Waals surface area contributed by atoms with Crippen molar-refractivity contribution in [1.82, 2.24) is 24.8 Å². The molecule has 1 fully saturated rings. The minimum atomic E-state index is 0.0718. The highest BCUT2D eigenvalue weighted by molar-refractivity contribution is 5.75. The molecule has 0 spiro atoms. The van der Waals surface area contributed by atoms with Gasteiger partial charge in [-0.15, -0.1) is 0 Å². The van der Waals surface area contributed by atoms with Crippen LogP contribution in [0.15, 0.2) is 30.6 Å². The lowest BCUT2D eigenvalue weighted by Crippen LogP contribution is -2.45. The average Bonchev–Trinajstić information content (AvgIpc) is 3.27. The van der Waals surface area contributed by atoms with E-state index in [1.54, 1.807) is 6.20 Å². The third-order valence-electron chi connectivity index (χ3n) is 6.06. The van der Waals surface area contributed by atoms with Gasteiger partial charge >= 0.3 is 6.03 Å². The highest BCUT2D eigenvalue weighted by Crippen LogP contribution is 2.32. The van der Waals surface area contributed by atoms with E-state index < -0.39 is 0 Å². The van der Waals surface area contributed by atoms with Crippen molar-refractivity contribution in [3.8, 4) is 0 Å². The summed E-state index contributed by atoms with van der Waals surface area (Å²) in [4.78, 5) is 30.9. The quantitative estimate of drug-likeness (QED) is 0.835. The van der Waals surface area contributed by atoms with Crippen molar-refractivity contribution < 1.29 is 4.79 Å². The zero-order chi connectivity index (χ0) is 20.2. The summed E-state index contributed by atoms with van der Waals surface area (Å²) in [6, 6.07) is 6.47. The number of anilines is 1. The van der Waals surface area contributed by atoms with Crippen LogP contribution >= 0.6 is 0 Å². The van der Waals surface area contributed by atoms with Gasteiger partial charge < -0.3 is 15.1 Å². The van der Waals surface area contributed by atoms with E-state index in [0.29, 0.717) is 25.1 Å². The van der Waals surface area contributed by atoms with Crippen LogP contribution in [0.1, 0.15) is 62.5 Å². The SMILES string of the molecule is CCC(CC)Nc1ncc2c(n1)CN(C(=O)N1CCCC1c1ccccn1)CC2. The van der Waals surface area contributed by atoms with Gasteiger partial charge in [-0.3, -0.25) is 4.98 Å². The summed E-state index contributed by atoms with van der Waals surface area (Å²) in [5.74, 6) is 0.666. The summed E-state index contributed by atoms with van der Waals surface area (Å²) in [5, 5.41) is 3.41. The van der Waals surface area contributed by atoms with Gasteiger partial charge in [-0.05, 0) is 49.8 Å². The molecule has 1 N–H and O–H groups in total. The summed E-state index contributed by atoms with van der Waals surface area (Å²) < 4.78 is 0. The predicted molar refractivity (Wildman–Crippen MR) is 112 cm³/mol. The molecule has 2 aliphatic rings. The second-order valence-electron chi connectivity index (χ2n) is 7.88. The van der Waals surface area contributed by atoms with Gasteiger partial charge in [0, 0.05) is 31.5 Å². The Morgan fingerprint density at radius 2 is 2.10 bits per heavy atom. The van der Waals surface area contributed by atoms with Crippen LogP contribution in [0.2, 0.25) is 0 Å². The zero-order valence-electron chi connectivity index (χ0n) is 17.3. The molecule has 154 valence electrons. The Hall–Kier alpha value is -2.70. The van der Waals surface area contributed by atoms with Crippen molar-refractivity contribution in [3.63, 3.8) is 0 Å². The van der Waals surface area contributed by atoms with Gasteiger partial charge in [0.1, 0.15) is 0 Å². The number of rotatable bonds is 5. The first kappa shape index (κ1) is 19.6. The minimum Gasteiger partial charge on any atom is -0.352 e. The van der Waals surface area contributed by atoms with Gasteiger partial charge in [0.2, 0.25) is 5.95 Å². The Morgan fingerprint density at radius 1 is 1.24 bits per heavy atom. The van der Waals surface area contributed by atoms with Gasteiger partial charge in [0.05, 0.1) is 24.0 Å². The van der Waals surface area contributed by atoms with Crippen LogP contribution in [-0.4, -0.2) is 49.9 Å². The van der Waals surface area contributed by atoms with E-state index >= 15 is 0 Å². The molecule has 1 unspecified atom stereocenters. The third-order valence-corrected chi connectivity index (χ3v) is 6.06. The van der Waals surface area contributed by atoms with E-state index in [4.69, 9.17) is 4.98 Å². The lowest BCUT2D eigenvalue weighted by atomic mass is 10.1. The smallest absolute Gasteiger partial charge is 0.320 e. The highest BCUT2D eigenvalue weighted by atomic mass is 16.2. The van der Waals surface area contributed by atoms with E-state index in [9.17, 15) is 4.79 Å². The monoisotopic (exact) mass is 394 g/mol. The fraction of sp³-hybridized carbons (Fsp3) is 0.545. The topological polar surface area (TPSA) is 74.2 Å². The number of aromatic nitrogens is 3. The number of hydrogen-bond acceptors (Lipinski definition) is 5. The van der Waals surface area contributed by atoms with Crippen LogP contribution in [0, 0.1) is 0 Å². The van der Waals surface area contributed by atoms with Crippen molar-refractivity contribution in [3.05, 3.63) is 47.5 Å². The second-order valence-corrected chi connectivity index (χ2v) is 7.88. The fourth-order valence-electron chi connectivity index (χ4n) is 4.27. The summed E-state index contributed by atoms with van der Waals surface area (Å²) in [6.07, 6.45) is 8.58. The number of amides is 2. The van der Waals surface area contributed by atoms with Crippen molar-refractivity contribution in [2.24, 2.45) is 0 Å². The van der Waals surface area contributed by atoms with E-state index in [-0.39, 0.29) is 12.1 Å². The average molecular weight is 395 g/mol. The van der Waals surface area contributed by atoms with Gasteiger partial charge in [-0.25, -0.2) is 14.8 Å². The molecule has 29 heavy (non-hydrogen) atoms. The molecule has 0 saturated carbocycles. The highest BCUT2D eigenvalue weighted by Gasteiger charge is 2.34. The van der Waals surface area contributed by atoms with Gasteiger partial charge in [-0.2, -0.15) is 0 Å². The molecule has 7 heteroatoms. The van der Waals surface area contributed by atoms with Gasteiger partial charge in [-0.1, -0.05) is 19.9 Å². The molecular formula is C22H30N6O. The molecule has 0 bridgehead atoms. The number of nitrogens with one attached hydrogen (secondary N) is 1. The molecule has 1 saturated heterocycles. The van der Waals surface area contributed by atoms with Crippen LogP contribution in [0.5, 0.6) is 0 Å². The lowest BCUT2D eigenvalue weighted by molar-refractivity contribution is 0.141. The summed E-state index contributed by atoms with van der Waals surface area (Å²) in [7, 11) is 0. The molecule has 2 aliphatic heterocycles. The zero-order valence-corrected chi connectivity index (χ0v) is 17.3. The number of fused-ring (bicyclic) bond motifs is 1. The number of nitrogens with zero attached hydrogens (tertiary/aromatic N) is 5. The first-order valence-corrected chi connectivity index (χ1v) is 10.8. The number of hydrogen-bond donors (Lipinski definition) is 1. The fourth-order valence-corrected chi connectivity index (χ4v) is 4.27. The Bertz CT molecular complexity index is 838. The molecule has 4 heterocycles. The lowest BCUT2D eigenvalue weighted by Gasteiger charge is -2.34. The predicted octanol–water partition coefficient (Wildman–Crippen LogP) is 3.79. The summed E-state index contributed by atoms with van der Waals surface area (Å²) >= 11 is 0. The Kier molecular flexibility index (Phi) is 5.92. The van der Waals surface area contributed by atoms with Crippen LogP contribution in [0.4, 0.5) is 10.7 Å². The van der Waals surface area contributed by atoms with Crippen LogP contribution < -0.4 is 5.32 Å². The second kappa shape index (κ2) is 8.76. The molecule has 0 radical (unpaired) electrons. The summed E-state index contributed by atoms with van der Waals surface area (Å²) in [5.41, 5.74) is 3.09. The maximum Gasteiger partial charge on any atom is 0.320 e. The third kappa shape index (κ3) is 4.18. The van der Waals surface area contributed by atoms with Crippen molar-refractivity contribution in [2.45, 2.75) is 64.6 Å². The Balaban J connectivity index is 1.48. The number of carbonyl (C=O) groups excluding carboxylic acids is 1. The maximum atomic E-state index is 13.3. The van der Waals surface area contributed by atoms with Crippen LogP contribution in [0.25, 0.3) is 0 Å². The molecule has 2 aromatic rings. The molecule has 2 aromatic heterocycles. The molecule has 0 aromatic carbocycles. The molecular weight excluding hydrogens is 364 g/mol. The van der Waals surface area contributed by atoms with E-state index in [1.807, 2.05) is 34.2 Å². The van der Waals surface area contributed by atoms with Gasteiger partial charge in [0.15, 0.2) is 0 Å². The summed E-state index contributed by atoms with van der Waals surface area (Å²) in [6.45, 7) is 6.36. The number of pyridine rings is 1. The van der Waals surface area contributed by atoms with Crippen molar-refractivity contribution >= 4 is 12.0 Å². The Labute approximate surface area is 172 Å². The van der Waals surface area contributed by atoms with E-state index in [1.165, 1.54) is 0 Å². The molecule has 0 aliphatic carbocycles.